The van der Waals surface area contributed by atoms with E-state index >= 15 is 0 Å². The first kappa shape index (κ1) is 9.72. The van der Waals surface area contributed by atoms with Crippen molar-refractivity contribution in [3.05, 3.63) is 34.4 Å². The fourth-order valence-electron chi connectivity index (χ4n) is 2.02. The summed E-state index contributed by atoms with van der Waals surface area (Å²) in [6.07, 6.45) is -0.155. The number of esters is 1. The van der Waals surface area contributed by atoms with Crippen LogP contribution in [-0.4, -0.2) is 5.97 Å². The van der Waals surface area contributed by atoms with Gasteiger partial charge in [-0.15, -0.1) is 0 Å². The maximum atomic E-state index is 11.6. The van der Waals surface area contributed by atoms with Crippen molar-refractivity contribution >= 4 is 5.97 Å². The Balaban J connectivity index is 2.56. The number of nitrogens with zero attached hydrogens (tertiary/aromatic N) is 1. The smallest absolute Gasteiger partial charge is 0.339 e. The predicted octanol–water partition coefficient (Wildman–Crippen LogP) is 2.43. The van der Waals surface area contributed by atoms with E-state index in [1.165, 1.54) is 0 Å². The van der Waals surface area contributed by atoms with Gasteiger partial charge in [0.2, 0.25) is 0 Å². The molecule has 0 unspecified atom stereocenters. The van der Waals surface area contributed by atoms with Crippen LogP contribution in [0.5, 0.6) is 0 Å². The van der Waals surface area contributed by atoms with Gasteiger partial charge in [0.25, 0.3) is 0 Å². The van der Waals surface area contributed by atoms with Crippen LogP contribution in [-0.2, 0) is 4.74 Å². The number of aryl methyl sites for hydroxylation is 2. The van der Waals surface area contributed by atoms with Gasteiger partial charge in [0, 0.05) is 5.56 Å². The van der Waals surface area contributed by atoms with Crippen molar-refractivity contribution in [2.24, 2.45) is 0 Å². The summed E-state index contributed by atoms with van der Waals surface area (Å²) >= 11 is 0. The fourth-order valence-corrected chi connectivity index (χ4v) is 2.02. The lowest BCUT2D eigenvalue weighted by Gasteiger charge is -2.06. The van der Waals surface area contributed by atoms with Crippen LogP contribution in [0.15, 0.2) is 12.1 Å². The number of carbonyl (C=O) groups is 1. The second kappa shape index (κ2) is 3.39. The zero-order valence-corrected chi connectivity index (χ0v) is 8.70. The quantitative estimate of drug-likeness (QED) is 0.655. The van der Waals surface area contributed by atoms with Gasteiger partial charge in [0.1, 0.15) is 6.10 Å². The minimum Gasteiger partial charge on any atom is -0.453 e. The minimum absolute atomic E-state index is 0.224. The lowest BCUT2D eigenvalue weighted by molar-refractivity contribution is 0.0395. The second-order valence-corrected chi connectivity index (χ2v) is 3.80. The highest BCUT2D eigenvalue weighted by Crippen LogP contribution is 2.35. The van der Waals surface area contributed by atoms with Gasteiger partial charge in [-0.3, -0.25) is 0 Å². The van der Waals surface area contributed by atoms with Crippen molar-refractivity contribution in [2.75, 3.05) is 0 Å². The number of benzene rings is 1. The van der Waals surface area contributed by atoms with Crippen molar-refractivity contribution < 1.29 is 9.53 Å². The van der Waals surface area contributed by atoms with E-state index in [1.807, 2.05) is 32.0 Å². The van der Waals surface area contributed by atoms with Gasteiger partial charge >= 0.3 is 5.97 Å². The SMILES string of the molecule is Cc1cc(C)c2c(c1)[C@H](CC#N)OC2=O. The molecule has 1 aliphatic heterocycles. The maximum absolute atomic E-state index is 11.6. The molecule has 0 aliphatic carbocycles. The number of carbonyl (C=O) groups excluding carboxylic acids is 1. The summed E-state index contributed by atoms with van der Waals surface area (Å²) in [4.78, 5) is 11.6. The molecule has 0 fully saturated rings. The molecule has 1 aromatic carbocycles. The van der Waals surface area contributed by atoms with E-state index in [-0.39, 0.29) is 18.5 Å². The summed E-state index contributed by atoms with van der Waals surface area (Å²) in [5, 5.41) is 8.64. The highest BCUT2D eigenvalue weighted by molar-refractivity contribution is 5.95. The molecule has 76 valence electrons. The van der Waals surface area contributed by atoms with E-state index in [2.05, 4.69) is 0 Å². The molecule has 1 aliphatic rings. The molecule has 2 rings (SSSR count). The van der Waals surface area contributed by atoms with E-state index < -0.39 is 0 Å². The van der Waals surface area contributed by atoms with Crippen LogP contribution in [0.2, 0.25) is 0 Å². The lowest BCUT2D eigenvalue weighted by Crippen LogP contribution is -1.97. The molecule has 15 heavy (non-hydrogen) atoms. The van der Waals surface area contributed by atoms with Gasteiger partial charge in [-0.25, -0.2) is 4.79 Å². The van der Waals surface area contributed by atoms with Crippen molar-refractivity contribution in [3.63, 3.8) is 0 Å². The first-order valence-electron chi connectivity index (χ1n) is 4.82. The molecule has 0 bridgehead atoms. The molecule has 1 atom stereocenters. The van der Waals surface area contributed by atoms with Crippen molar-refractivity contribution in [2.45, 2.75) is 26.4 Å². The molecule has 0 amide bonds. The van der Waals surface area contributed by atoms with Crippen molar-refractivity contribution in [1.82, 2.24) is 0 Å². The van der Waals surface area contributed by atoms with Crippen LogP contribution in [0.3, 0.4) is 0 Å². The number of cyclic esters (lactones) is 1. The van der Waals surface area contributed by atoms with Gasteiger partial charge < -0.3 is 4.74 Å². The number of nitriles is 1. The Bertz CT molecular complexity index is 471. The molecule has 0 saturated heterocycles. The average Bonchev–Trinajstić information content (AvgIpc) is 2.43. The number of ether oxygens (including phenoxy) is 1. The summed E-state index contributed by atoms with van der Waals surface area (Å²) < 4.78 is 5.15. The highest BCUT2D eigenvalue weighted by atomic mass is 16.5. The summed E-state index contributed by atoms with van der Waals surface area (Å²) in [6.45, 7) is 3.86. The Labute approximate surface area is 88.3 Å². The van der Waals surface area contributed by atoms with Gasteiger partial charge in [0.15, 0.2) is 0 Å². The van der Waals surface area contributed by atoms with E-state index in [0.29, 0.717) is 5.56 Å². The number of hydrogen-bond donors (Lipinski definition) is 0. The van der Waals surface area contributed by atoms with E-state index in [1.54, 1.807) is 0 Å². The summed E-state index contributed by atoms with van der Waals surface area (Å²) in [6, 6.07) is 5.91. The zero-order valence-electron chi connectivity index (χ0n) is 8.70. The first-order valence-corrected chi connectivity index (χ1v) is 4.82. The van der Waals surface area contributed by atoms with E-state index in [9.17, 15) is 4.79 Å². The topological polar surface area (TPSA) is 50.1 Å². The molecular formula is C12H11NO2. The Morgan fingerprint density at radius 3 is 2.87 bits per heavy atom. The van der Waals surface area contributed by atoms with Gasteiger partial charge in [-0.05, 0) is 19.4 Å². The van der Waals surface area contributed by atoms with Gasteiger partial charge in [-0.1, -0.05) is 17.7 Å². The largest absolute Gasteiger partial charge is 0.453 e. The zero-order chi connectivity index (χ0) is 11.0. The lowest BCUT2D eigenvalue weighted by atomic mass is 9.97. The fraction of sp³-hybridized carbons (Fsp3) is 0.333. The monoisotopic (exact) mass is 201 g/mol. The Hall–Kier alpha value is -1.82. The third kappa shape index (κ3) is 1.48. The summed E-state index contributed by atoms with van der Waals surface area (Å²) in [7, 11) is 0. The third-order valence-electron chi connectivity index (χ3n) is 2.59. The number of rotatable bonds is 1. The third-order valence-corrected chi connectivity index (χ3v) is 2.59. The Kier molecular flexibility index (Phi) is 2.20. The Morgan fingerprint density at radius 1 is 1.47 bits per heavy atom. The molecule has 3 nitrogen and oxygen atoms in total. The second-order valence-electron chi connectivity index (χ2n) is 3.80. The predicted molar refractivity (Wildman–Crippen MR) is 54.3 cm³/mol. The molecular weight excluding hydrogens is 190 g/mol. The summed E-state index contributed by atoms with van der Waals surface area (Å²) in [5.41, 5.74) is 3.52. The normalized spacial score (nSPS) is 18.2. The number of hydrogen-bond acceptors (Lipinski definition) is 3. The van der Waals surface area contributed by atoms with Crippen molar-refractivity contribution in [3.8, 4) is 6.07 Å². The maximum Gasteiger partial charge on any atom is 0.339 e. The van der Waals surface area contributed by atoms with Crippen LogP contribution in [0.4, 0.5) is 0 Å². The molecule has 0 spiro atoms. The van der Waals surface area contributed by atoms with Crippen LogP contribution >= 0.6 is 0 Å². The average molecular weight is 201 g/mol. The molecule has 1 heterocycles. The Morgan fingerprint density at radius 2 is 2.20 bits per heavy atom. The van der Waals surface area contributed by atoms with Crippen LogP contribution in [0.25, 0.3) is 0 Å². The standard InChI is InChI=1S/C12H11NO2/c1-7-5-8(2)11-9(6-7)10(3-4-13)15-12(11)14/h5-6,10H,3H2,1-2H3/t10-/m0/s1. The highest BCUT2D eigenvalue weighted by Gasteiger charge is 2.32. The van der Waals surface area contributed by atoms with Gasteiger partial charge in [0.05, 0.1) is 18.1 Å². The minimum atomic E-state index is -0.379. The van der Waals surface area contributed by atoms with Gasteiger partial charge in [-0.2, -0.15) is 5.26 Å². The van der Waals surface area contributed by atoms with Crippen LogP contribution < -0.4 is 0 Å². The molecule has 1 aromatic rings. The van der Waals surface area contributed by atoms with E-state index in [0.717, 1.165) is 16.7 Å². The van der Waals surface area contributed by atoms with Crippen LogP contribution in [0, 0.1) is 25.2 Å². The summed E-state index contributed by atoms with van der Waals surface area (Å²) in [5.74, 6) is -0.303. The number of fused-ring (bicyclic) bond motifs is 1. The molecule has 0 aromatic heterocycles. The van der Waals surface area contributed by atoms with E-state index in [4.69, 9.17) is 10.00 Å². The van der Waals surface area contributed by atoms with Crippen LogP contribution in [0.1, 0.15) is 39.6 Å². The molecule has 3 heteroatoms. The molecule has 0 saturated carbocycles. The van der Waals surface area contributed by atoms with Crippen molar-refractivity contribution in [1.29, 1.82) is 5.26 Å². The first-order chi connectivity index (χ1) is 7.13. The molecule has 0 radical (unpaired) electrons. The molecule has 0 N–H and O–H groups in total.